The number of nitrogens with one attached hydrogen (secondary N) is 1. The number of halogens is 1. The lowest BCUT2D eigenvalue weighted by molar-refractivity contribution is 0.598. The van der Waals surface area contributed by atoms with Crippen molar-refractivity contribution < 1.29 is 8.42 Å². The first-order valence-corrected chi connectivity index (χ1v) is 8.18. The van der Waals surface area contributed by atoms with Crippen molar-refractivity contribution >= 4 is 27.3 Å². The summed E-state index contributed by atoms with van der Waals surface area (Å²) in [5, 5.41) is 13.0. The van der Waals surface area contributed by atoms with E-state index >= 15 is 0 Å². The van der Waals surface area contributed by atoms with Crippen LogP contribution in [0.25, 0.3) is 0 Å². The molecule has 2 rings (SSSR count). The zero-order valence-electron chi connectivity index (χ0n) is 12.0. The lowest BCUT2D eigenvalue weighted by atomic mass is 10.2. The smallest absolute Gasteiger partial charge is 0.238 e. The van der Waals surface area contributed by atoms with Crippen LogP contribution >= 0.6 is 11.6 Å². The van der Waals surface area contributed by atoms with Crippen LogP contribution in [-0.4, -0.2) is 18.2 Å². The maximum atomic E-state index is 11.4. The van der Waals surface area contributed by atoms with Crippen LogP contribution in [0, 0.1) is 13.8 Å². The van der Waals surface area contributed by atoms with E-state index in [0.29, 0.717) is 17.3 Å². The van der Waals surface area contributed by atoms with Crippen LogP contribution in [-0.2, 0) is 23.6 Å². The van der Waals surface area contributed by atoms with E-state index < -0.39 is 10.0 Å². The summed E-state index contributed by atoms with van der Waals surface area (Å²) in [6, 6.07) is 4.31. The summed E-state index contributed by atoms with van der Waals surface area (Å²) in [4.78, 5) is 0.0223. The Labute approximate surface area is 129 Å². The Kier molecular flexibility index (Phi) is 4.27. The minimum atomic E-state index is -3.75. The number of nitrogens with zero attached hydrogens (tertiary/aromatic N) is 2. The molecule has 21 heavy (non-hydrogen) atoms. The number of sulfonamides is 1. The van der Waals surface area contributed by atoms with Crippen LogP contribution in [0.4, 0.5) is 5.69 Å². The molecule has 1 aromatic carbocycles. The zero-order chi connectivity index (χ0) is 15.8. The van der Waals surface area contributed by atoms with Crippen LogP contribution in [0.1, 0.15) is 17.0 Å². The maximum absolute atomic E-state index is 11.4. The highest BCUT2D eigenvalue weighted by Crippen LogP contribution is 2.26. The van der Waals surface area contributed by atoms with Crippen molar-refractivity contribution in [3.63, 3.8) is 0 Å². The fraction of sp³-hybridized carbons (Fsp3) is 0.308. The van der Waals surface area contributed by atoms with Crippen molar-refractivity contribution in [2.75, 3.05) is 5.32 Å². The molecule has 0 unspecified atom stereocenters. The average Bonchev–Trinajstić information content (AvgIpc) is 2.62. The molecular weight excluding hydrogens is 312 g/mol. The summed E-state index contributed by atoms with van der Waals surface area (Å²) < 4.78 is 24.6. The SMILES string of the molecule is Cc1nn(C)c(C)c1CNc1cc(S(N)(=O)=O)ccc1Cl. The van der Waals surface area contributed by atoms with E-state index in [2.05, 4.69) is 10.4 Å². The van der Waals surface area contributed by atoms with Gasteiger partial charge in [0, 0.05) is 24.8 Å². The summed E-state index contributed by atoms with van der Waals surface area (Å²) in [7, 11) is -1.88. The van der Waals surface area contributed by atoms with Gasteiger partial charge in [-0.2, -0.15) is 5.10 Å². The second kappa shape index (κ2) is 5.67. The fourth-order valence-electron chi connectivity index (χ4n) is 2.07. The maximum Gasteiger partial charge on any atom is 0.238 e. The Morgan fingerprint density at radius 2 is 2.05 bits per heavy atom. The molecule has 0 aliphatic heterocycles. The molecule has 0 aliphatic carbocycles. The van der Waals surface area contributed by atoms with Gasteiger partial charge in [0.2, 0.25) is 10.0 Å². The van der Waals surface area contributed by atoms with E-state index in [4.69, 9.17) is 16.7 Å². The molecule has 1 heterocycles. The minimum Gasteiger partial charge on any atom is -0.380 e. The number of nitrogens with two attached hydrogens (primary N) is 1. The predicted molar refractivity (Wildman–Crippen MR) is 82.8 cm³/mol. The van der Waals surface area contributed by atoms with E-state index in [9.17, 15) is 8.42 Å². The Hall–Kier alpha value is -1.57. The second-order valence-corrected chi connectivity index (χ2v) is 6.78. The average molecular weight is 329 g/mol. The van der Waals surface area contributed by atoms with Gasteiger partial charge in [0.15, 0.2) is 0 Å². The summed E-state index contributed by atoms with van der Waals surface area (Å²) in [6.07, 6.45) is 0. The molecule has 0 atom stereocenters. The molecule has 0 saturated carbocycles. The molecular formula is C13H17ClN4O2S. The Morgan fingerprint density at radius 3 is 2.57 bits per heavy atom. The van der Waals surface area contributed by atoms with E-state index in [0.717, 1.165) is 17.0 Å². The van der Waals surface area contributed by atoms with Crippen molar-refractivity contribution in [3.8, 4) is 0 Å². The summed E-state index contributed by atoms with van der Waals surface area (Å²) in [6.45, 7) is 4.39. The van der Waals surface area contributed by atoms with Gasteiger partial charge in [0.05, 0.1) is 21.3 Å². The molecule has 3 N–H and O–H groups in total. The van der Waals surface area contributed by atoms with Gasteiger partial charge in [-0.1, -0.05) is 11.6 Å². The van der Waals surface area contributed by atoms with E-state index in [1.807, 2.05) is 20.9 Å². The van der Waals surface area contributed by atoms with Crippen LogP contribution < -0.4 is 10.5 Å². The number of primary sulfonamides is 1. The number of rotatable bonds is 4. The summed E-state index contributed by atoms with van der Waals surface area (Å²) in [5.74, 6) is 0. The summed E-state index contributed by atoms with van der Waals surface area (Å²) in [5.41, 5.74) is 3.53. The molecule has 0 amide bonds. The molecule has 0 saturated heterocycles. The molecule has 8 heteroatoms. The number of hydrogen-bond donors (Lipinski definition) is 2. The molecule has 114 valence electrons. The monoisotopic (exact) mass is 328 g/mol. The molecule has 1 aromatic heterocycles. The van der Waals surface area contributed by atoms with Crippen LogP contribution in [0.5, 0.6) is 0 Å². The molecule has 6 nitrogen and oxygen atoms in total. The van der Waals surface area contributed by atoms with Gasteiger partial charge in [-0.15, -0.1) is 0 Å². The highest BCUT2D eigenvalue weighted by molar-refractivity contribution is 7.89. The summed E-state index contributed by atoms with van der Waals surface area (Å²) >= 11 is 6.08. The van der Waals surface area contributed by atoms with Gasteiger partial charge in [-0.05, 0) is 32.0 Å². The number of benzene rings is 1. The second-order valence-electron chi connectivity index (χ2n) is 4.81. The first-order chi connectivity index (χ1) is 9.70. The van der Waals surface area contributed by atoms with Crippen molar-refractivity contribution in [2.45, 2.75) is 25.3 Å². The van der Waals surface area contributed by atoms with Gasteiger partial charge in [0.25, 0.3) is 0 Å². The quantitative estimate of drug-likeness (QED) is 0.897. The third-order valence-corrected chi connectivity index (χ3v) is 4.62. The fourth-order valence-corrected chi connectivity index (χ4v) is 2.80. The molecule has 2 aromatic rings. The van der Waals surface area contributed by atoms with Gasteiger partial charge in [-0.25, -0.2) is 13.6 Å². The van der Waals surface area contributed by atoms with Crippen molar-refractivity contribution in [1.29, 1.82) is 0 Å². The molecule has 0 radical (unpaired) electrons. The van der Waals surface area contributed by atoms with Gasteiger partial charge >= 0.3 is 0 Å². The normalized spacial score (nSPS) is 11.7. The van der Waals surface area contributed by atoms with E-state index in [1.54, 1.807) is 4.68 Å². The van der Waals surface area contributed by atoms with E-state index in [1.165, 1.54) is 18.2 Å². The van der Waals surface area contributed by atoms with Crippen molar-refractivity contribution in [2.24, 2.45) is 12.2 Å². The van der Waals surface area contributed by atoms with E-state index in [-0.39, 0.29) is 4.90 Å². The molecule has 0 bridgehead atoms. The van der Waals surface area contributed by atoms with Crippen LogP contribution in [0.15, 0.2) is 23.1 Å². The van der Waals surface area contributed by atoms with Gasteiger partial charge < -0.3 is 5.32 Å². The molecule has 0 fully saturated rings. The van der Waals surface area contributed by atoms with Crippen LogP contribution in [0.3, 0.4) is 0 Å². The van der Waals surface area contributed by atoms with Gasteiger partial charge in [-0.3, -0.25) is 4.68 Å². The number of hydrogen-bond acceptors (Lipinski definition) is 4. The minimum absolute atomic E-state index is 0.0223. The lowest BCUT2D eigenvalue weighted by Crippen LogP contribution is -2.12. The Bertz CT molecular complexity index is 784. The molecule has 0 spiro atoms. The highest BCUT2D eigenvalue weighted by atomic mass is 35.5. The number of anilines is 1. The molecule has 0 aliphatic rings. The third kappa shape index (κ3) is 3.37. The number of aromatic nitrogens is 2. The Balaban J connectivity index is 2.28. The van der Waals surface area contributed by atoms with Crippen molar-refractivity contribution in [3.05, 3.63) is 40.2 Å². The largest absolute Gasteiger partial charge is 0.380 e. The zero-order valence-corrected chi connectivity index (χ0v) is 13.6. The Morgan fingerprint density at radius 1 is 1.38 bits per heavy atom. The predicted octanol–water partition coefficient (Wildman–Crippen LogP) is 1.95. The van der Waals surface area contributed by atoms with Gasteiger partial charge in [0.1, 0.15) is 0 Å². The standard InChI is InChI=1S/C13H17ClN4O2S/c1-8-11(9(2)18(3)17-8)7-16-13-6-10(21(15,19)20)4-5-12(13)14/h4-6,16H,7H2,1-3H3,(H2,15,19,20). The lowest BCUT2D eigenvalue weighted by Gasteiger charge is -2.10. The van der Waals surface area contributed by atoms with Crippen LogP contribution in [0.2, 0.25) is 5.02 Å². The first kappa shape index (κ1) is 15.8. The topological polar surface area (TPSA) is 90.0 Å². The van der Waals surface area contributed by atoms with Crippen molar-refractivity contribution in [1.82, 2.24) is 9.78 Å². The third-order valence-electron chi connectivity index (χ3n) is 3.38. The highest BCUT2D eigenvalue weighted by Gasteiger charge is 2.13. The number of aryl methyl sites for hydroxylation is 2. The first-order valence-electron chi connectivity index (χ1n) is 6.25.